The maximum Gasteiger partial charge on any atom is 0.396 e. The van der Waals surface area contributed by atoms with Crippen LogP contribution in [0, 0.1) is 0 Å². The van der Waals surface area contributed by atoms with E-state index in [9.17, 15) is 18.0 Å². The number of hydrogen-bond acceptors (Lipinski definition) is 3. The molecule has 19 heavy (non-hydrogen) atoms. The van der Waals surface area contributed by atoms with Crippen LogP contribution in [0.25, 0.3) is 0 Å². The van der Waals surface area contributed by atoms with Crippen LogP contribution in [0.15, 0.2) is 36.9 Å². The number of carbonyl (C=O) groups excluding carboxylic acids is 1. The predicted molar refractivity (Wildman–Crippen MR) is 62.7 cm³/mol. The van der Waals surface area contributed by atoms with Crippen LogP contribution in [-0.4, -0.2) is 23.9 Å². The fourth-order valence-electron chi connectivity index (χ4n) is 1.51. The summed E-state index contributed by atoms with van der Waals surface area (Å²) in [4.78, 5) is 11.3. The molecule has 0 saturated heterocycles. The fourth-order valence-corrected chi connectivity index (χ4v) is 1.51. The molecule has 1 aromatic carbocycles. The zero-order valence-corrected chi connectivity index (χ0v) is 9.98. The molecule has 0 aliphatic heterocycles. The number of ether oxygens (including phenoxy) is 1. The van der Waals surface area contributed by atoms with E-state index < -0.39 is 24.5 Å². The normalized spacial score (nSPS) is 12.8. The highest BCUT2D eigenvalue weighted by atomic mass is 19.4. The maximum absolute atomic E-state index is 12.9. The van der Waals surface area contributed by atoms with Crippen molar-refractivity contribution in [2.45, 2.75) is 18.5 Å². The summed E-state index contributed by atoms with van der Waals surface area (Å²) < 4.78 is 43.3. The molecule has 1 unspecified atom stereocenters. The lowest BCUT2D eigenvalue weighted by Gasteiger charge is -2.19. The summed E-state index contributed by atoms with van der Waals surface area (Å²) >= 11 is 0. The average Bonchev–Trinajstić information content (AvgIpc) is 2.33. The van der Waals surface area contributed by atoms with Gasteiger partial charge in [0.25, 0.3) is 0 Å². The molecule has 0 amide bonds. The minimum absolute atomic E-state index is 0.0964. The van der Waals surface area contributed by atoms with Gasteiger partial charge in [0.15, 0.2) is 0 Å². The molecule has 0 spiro atoms. The monoisotopic (exact) mass is 274 g/mol. The Kier molecular flexibility index (Phi) is 4.97. The summed E-state index contributed by atoms with van der Waals surface area (Å²) in [6.45, 7) is 3.18. The SMILES string of the molecule is C=CCOC(=O)CC(c1ccc(O)cc1)C(F)(F)F. The minimum atomic E-state index is -4.57. The Balaban J connectivity index is 2.87. The summed E-state index contributed by atoms with van der Waals surface area (Å²) in [5, 5.41) is 9.06. The van der Waals surface area contributed by atoms with E-state index in [0.717, 1.165) is 24.3 Å². The highest BCUT2D eigenvalue weighted by Crippen LogP contribution is 2.38. The van der Waals surface area contributed by atoms with Gasteiger partial charge in [0, 0.05) is 0 Å². The second-order valence-electron chi connectivity index (χ2n) is 3.86. The Hall–Kier alpha value is -1.98. The number of carbonyl (C=O) groups is 1. The third-order valence-corrected chi connectivity index (χ3v) is 2.42. The number of phenolic OH excluding ortho intramolecular Hbond substituents is 1. The number of hydrogen-bond donors (Lipinski definition) is 1. The summed E-state index contributed by atoms with van der Waals surface area (Å²) in [6, 6.07) is 4.55. The van der Waals surface area contributed by atoms with Gasteiger partial charge in [-0.15, -0.1) is 0 Å². The van der Waals surface area contributed by atoms with Gasteiger partial charge >= 0.3 is 12.1 Å². The molecule has 0 fully saturated rings. The fraction of sp³-hybridized carbons (Fsp3) is 0.308. The van der Waals surface area contributed by atoms with E-state index in [4.69, 9.17) is 5.11 Å². The van der Waals surface area contributed by atoms with E-state index >= 15 is 0 Å². The molecule has 0 aliphatic rings. The molecular weight excluding hydrogens is 261 g/mol. The number of phenols is 1. The molecule has 0 bridgehead atoms. The predicted octanol–water partition coefficient (Wildman–Crippen LogP) is 3.16. The van der Waals surface area contributed by atoms with Crippen LogP contribution in [-0.2, 0) is 9.53 Å². The molecule has 0 heterocycles. The topological polar surface area (TPSA) is 46.5 Å². The third kappa shape index (κ3) is 4.65. The Bertz CT molecular complexity index is 437. The quantitative estimate of drug-likeness (QED) is 0.662. The number of aromatic hydroxyl groups is 1. The Morgan fingerprint density at radius 2 is 1.95 bits per heavy atom. The standard InChI is InChI=1S/C13H13F3O3/c1-2-7-19-12(18)8-11(13(14,15)16)9-3-5-10(17)6-4-9/h2-6,11,17H,1,7-8H2. The molecule has 3 nitrogen and oxygen atoms in total. The van der Waals surface area contributed by atoms with E-state index in [1.165, 1.54) is 6.08 Å². The zero-order chi connectivity index (χ0) is 14.5. The molecule has 104 valence electrons. The molecule has 1 N–H and O–H groups in total. The highest BCUT2D eigenvalue weighted by Gasteiger charge is 2.42. The van der Waals surface area contributed by atoms with Crippen LogP contribution in [0.3, 0.4) is 0 Å². The van der Waals surface area contributed by atoms with Crippen molar-refractivity contribution in [2.75, 3.05) is 6.61 Å². The minimum Gasteiger partial charge on any atom is -0.508 e. The molecule has 0 aromatic heterocycles. The lowest BCUT2D eigenvalue weighted by molar-refractivity contribution is -0.165. The zero-order valence-electron chi connectivity index (χ0n) is 9.98. The van der Waals surface area contributed by atoms with E-state index in [1.807, 2.05) is 0 Å². The first-order chi connectivity index (χ1) is 8.84. The molecule has 1 rings (SSSR count). The molecule has 0 radical (unpaired) electrons. The van der Waals surface area contributed by atoms with Crippen LogP contribution >= 0.6 is 0 Å². The number of rotatable bonds is 5. The van der Waals surface area contributed by atoms with Gasteiger partial charge in [-0.25, -0.2) is 0 Å². The van der Waals surface area contributed by atoms with E-state index in [-0.39, 0.29) is 17.9 Å². The van der Waals surface area contributed by atoms with Gasteiger partial charge in [0.05, 0.1) is 12.3 Å². The van der Waals surface area contributed by atoms with Crippen molar-refractivity contribution in [3.63, 3.8) is 0 Å². The van der Waals surface area contributed by atoms with Crippen molar-refractivity contribution >= 4 is 5.97 Å². The first kappa shape index (κ1) is 15.1. The van der Waals surface area contributed by atoms with Gasteiger partial charge in [-0.1, -0.05) is 24.8 Å². The van der Waals surface area contributed by atoms with Gasteiger partial charge < -0.3 is 9.84 Å². The maximum atomic E-state index is 12.9. The van der Waals surface area contributed by atoms with Crippen molar-refractivity contribution in [1.29, 1.82) is 0 Å². The summed E-state index contributed by atoms with van der Waals surface area (Å²) in [7, 11) is 0. The Morgan fingerprint density at radius 3 is 2.42 bits per heavy atom. The summed E-state index contributed by atoms with van der Waals surface area (Å²) in [5.41, 5.74) is -0.0964. The lowest BCUT2D eigenvalue weighted by Crippen LogP contribution is -2.24. The first-order valence-electron chi connectivity index (χ1n) is 5.46. The highest BCUT2D eigenvalue weighted by molar-refractivity contribution is 5.70. The molecule has 1 atom stereocenters. The molecule has 1 aromatic rings. The summed E-state index contributed by atoms with van der Waals surface area (Å²) in [6.07, 6.45) is -4.09. The van der Waals surface area contributed by atoms with Crippen LogP contribution in [0.2, 0.25) is 0 Å². The van der Waals surface area contributed by atoms with Crippen LogP contribution < -0.4 is 0 Å². The van der Waals surface area contributed by atoms with Crippen LogP contribution in [0.5, 0.6) is 5.75 Å². The van der Waals surface area contributed by atoms with E-state index in [0.29, 0.717) is 0 Å². The first-order valence-corrected chi connectivity index (χ1v) is 5.46. The van der Waals surface area contributed by atoms with Gasteiger partial charge in [-0.2, -0.15) is 13.2 Å². The largest absolute Gasteiger partial charge is 0.508 e. The van der Waals surface area contributed by atoms with Crippen molar-refractivity contribution < 1.29 is 27.8 Å². The van der Waals surface area contributed by atoms with E-state index in [2.05, 4.69) is 11.3 Å². The number of alkyl halides is 3. The van der Waals surface area contributed by atoms with Gasteiger partial charge in [0.1, 0.15) is 12.4 Å². The van der Waals surface area contributed by atoms with Crippen molar-refractivity contribution in [3.05, 3.63) is 42.5 Å². The molecule has 0 saturated carbocycles. The van der Waals surface area contributed by atoms with Crippen LogP contribution in [0.4, 0.5) is 13.2 Å². The molecular formula is C13H13F3O3. The third-order valence-electron chi connectivity index (χ3n) is 2.42. The smallest absolute Gasteiger partial charge is 0.396 e. The second-order valence-corrected chi connectivity index (χ2v) is 3.86. The van der Waals surface area contributed by atoms with Crippen LogP contribution in [0.1, 0.15) is 17.9 Å². The number of esters is 1. The second kappa shape index (κ2) is 6.26. The Morgan fingerprint density at radius 1 is 1.37 bits per heavy atom. The van der Waals surface area contributed by atoms with Crippen molar-refractivity contribution in [3.8, 4) is 5.75 Å². The summed E-state index contributed by atoms with van der Waals surface area (Å²) in [5.74, 6) is -3.04. The van der Waals surface area contributed by atoms with Crippen molar-refractivity contribution in [1.82, 2.24) is 0 Å². The molecule has 6 heteroatoms. The van der Waals surface area contributed by atoms with Gasteiger partial charge in [0.2, 0.25) is 0 Å². The van der Waals surface area contributed by atoms with E-state index in [1.54, 1.807) is 0 Å². The van der Waals surface area contributed by atoms with Crippen molar-refractivity contribution in [2.24, 2.45) is 0 Å². The average molecular weight is 274 g/mol. The Labute approximate surface area is 108 Å². The molecule has 0 aliphatic carbocycles. The number of benzene rings is 1. The lowest BCUT2D eigenvalue weighted by atomic mass is 9.95. The van der Waals surface area contributed by atoms with Gasteiger partial charge in [-0.05, 0) is 17.7 Å². The number of halogens is 3. The van der Waals surface area contributed by atoms with Gasteiger partial charge in [-0.3, -0.25) is 4.79 Å².